The first-order chi connectivity index (χ1) is 7.35. The summed E-state index contributed by atoms with van der Waals surface area (Å²) in [6.07, 6.45) is 0. The molecule has 0 saturated heterocycles. The molecule has 0 aromatic heterocycles. The minimum atomic E-state index is -3.72. The van der Waals surface area contributed by atoms with Gasteiger partial charge in [-0.25, -0.2) is 12.7 Å². The number of nitrogens with zero attached hydrogens (tertiary/aromatic N) is 1. The zero-order valence-electron chi connectivity index (χ0n) is 8.77. The molecule has 0 fully saturated rings. The summed E-state index contributed by atoms with van der Waals surface area (Å²) in [5.41, 5.74) is 0.193. The van der Waals surface area contributed by atoms with E-state index < -0.39 is 22.0 Å². The number of hydrogen-bond donors (Lipinski definition) is 0. The van der Waals surface area contributed by atoms with Gasteiger partial charge in [-0.15, -0.1) is 0 Å². The summed E-state index contributed by atoms with van der Waals surface area (Å²) in [5.74, 6) is -0.485. The fourth-order valence-electron chi connectivity index (χ4n) is 1.73. The van der Waals surface area contributed by atoms with Crippen LogP contribution in [0.2, 0.25) is 5.02 Å². The number of sulfonamides is 1. The molecule has 1 aromatic carbocycles. The lowest BCUT2D eigenvalue weighted by atomic mass is 10.2. The maximum atomic E-state index is 12.0. The van der Waals surface area contributed by atoms with Crippen LogP contribution >= 0.6 is 11.6 Å². The molecule has 0 atom stereocenters. The van der Waals surface area contributed by atoms with Crippen molar-refractivity contribution in [3.05, 3.63) is 28.8 Å². The highest BCUT2D eigenvalue weighted by Crippen LogP contribution is 2.33. The Hall–Kier alpha value is -1.07. The first kappa shape index (κ1) is 11.4. The molecule has 86 valence electrons. The van der Waals surface area contributed by atoms with Crippen molar-refractivity contribution in [1.29, 1.82) is 0 Å². The van der Waals surface area contributed by atoms with Crippen molar-refractivity contribution in [2.75, 3.05) is 0 Å². The second-order valence-electron chi connectivity index (χ2n) is 3.84. The Balaban J connectivity index is 2.72. The van der Waals surface area contributed by atoms with E-state index in [2.05, 4.69) is 0 Å². The summed E-state index contributed by atoms with van der Waals surface area (Å²) >= 11 is 5.73. The van der Waals surface area contributed by atoms with Crippen molar-refractivity contribution in [3.63, 3.8) is 0 Å². The smallest absolute Gasteiger partial charge is 0.268 e. The second-order valence-corrected chi connectivity index (χ2v) is 6.06. The number of hydrogen-bond acceptors (Lipinski definition) is 3. The van der Waals surface area contributed by atoms with Crippen LogP contribution in [-0.4, -0.2) is 24.7 Å². The predicted molar refractivity (Wildman–Crippen MR) is 59.9 cm³/mol. The van der Waals surface area contributed by atoms with Gasteiger partial charge in [-0.1, -0.05) is 11.6 Å². The van der Waals surface area contributed by atoms with E-state index in [0.29, 0.717) is 5.02 Å². The largest absolute Gasteiger partial charge is 0.269 e. The molecule has 0 bridgehead atoms. The Morgan fingerprint density at radius 3 is 2.50 bits per heavy atom. The third kappa shape index (κ3) is 1.43. The van der Waals surface area contributed by atoms with Crippen LogP contribution in [0.25, 0.3) is 0 Å². The van der Waals surface area contributed by atoms with E-state index in [1.165, 1.54) is 18.2 Å². The summed E-state index contributed by atoms with van der Waals surface area (Å²) in [6.45, 7) is 3.31. The molecule has 0 aliphatic carbocycles. The summed E-state index contributed by atoms with van der Waals surface area (Å²) in [7, 11) is -3.72. The fraction of sp³-hybridized carbons (Fsp3) is 0.300. The number of carbonyl (C=O) groups excluding carboxylic acids is 1. The molecule has 4 nitrogen and oxygen atoms in total. The molecule has 0 saturated carbocycles. The van der Waals surface area contributed by atoms with Gasteiger partial charge < -0.3 is 0 Å². The van der Waals surface area contributed by atoms with Gasteiger partial charge in [0.1, 0.15) is 4.90 Å². The third-order valence-electron chi connectivity index (χ3n) is 2.38. The van der Waals surface area contributed by atoms with Crippen LogP contribution in [0, 0.1) is 0 Å². The molecule has 0 N–H and O–H groups in total. The van der Waals surface area contributed by atoms with Crippen LogP contribution < -0.4 is 0 Å². The molecule has 2 rings (SSSR count). The Bertz CT molecular complexity index is 565. The number of fused-ring (bicyclic) bond motifs is 1. The lowest BCUT2D eigenvalue weighted by molar-refractivity contribution is 0.0846. The van der Waals surface area contributed by atoms with Gasteiger partial charge in [-0.2, -0.15) is 0 Å². The normalized spacial score (nSPS) is 18.0. The zero-order chi connectivity index (χ0) is 12.1. The molecule has 1 aliphatic rings. The van der Waals surface area contributed by atoms with E-state index >= 15 is 0 Å². The minimum Gasteiger partial charge on any atom is -0.268 e. The minimum absolute atomic E-state index is 0.00120. The van der Waals surface area contributed by atoms with Crippen LogP contribution in [0.3, 0.4) is 0 Å². The van der Waals surface area contributed by atoms with Gasteiger partial charge in [0.05, 0.1) is 5.56 Å². The molecule has 1 aliphatic heterocycles. The second kappa shape index (κ2) is 3.46. The molecule has 1 amide bonds. The molecular weight excluding hydrogens is 250 g/mol. The summed E-state index contributed by atoms with van der Waals surface area (Å²) in [4.78, 5) is 11.9. The quantitative estimate of drug-likeness (QED) is 0.774. The van der Waals surface area contributed by atoms with E-state index in [-0.39, 0.29) is 10.5 Å². The van der Waals surface area contributed by atoms with E-state index in [4.69, 9.17) is 11.6 Å². The number of rotatable bonds is 1. The van der Waals surface area contributed by atoms with Crippen LogP contribution in [0.4, 0.5) is 0 Å². The van der Waals surface area contributed by atoms with Crippen LogP contribution in [0.5, 0.6) is 0 Å². The van der Waals surface area contributed by atoms with E-state index in [1.807, 2.05) is 0 Å². The lowest BCUT2D eigenvalue weighted by Crippen LogP contribution is -2.36. The number of carbonyl (C=O) groups is 1. The molecule has 16 heavy (non-hydrogen) atoms. The van der Waals surface area contributed by atoms with Crippen molar-refractivity contribution in [2.45, 2.75) is 24.8 Å². The van der Waals surface area contributed by atoms with Gasteiger partial charge in [0, 0.05) is 11.1 Å². The molecule has 6 heteroatoms. The highest BCUT2D eigenvalue weighted by atomic mass is 35.5. The van der Waals surface area contributed by atoms with Gasteiger partial charge in [0.25, 0.3) is 15.9 Å². The van der Waals surface area contributed by atoms with Gasteiger partial charge in [-0.05, 0) is 32.0 Å². The maximum absolute atomic E-state index is 12.0. The van der Waals surface area contributed by atoms with Crippen molar-refractivity contribution in [1.82, 2.24) is 4.31 Å². The van der Waals surface area contributed by atoms with E-state index in [0.717, 1.165) is 4.31 Å². The first-order valence-corrected chi connectivity index (χ1v) is 6.56. The molecule has 1 aromatic rings. The van der Waals surface area contributed by atoms with Crippen molar-refractivity contribution >= 4 is 27.5 Å². The van der Waals surface area contributed by atoms with Crippen LogP contribution in [0.15, 0.2) is 23.1 Å². The Morgan fingerprint density at radius 2 is 1.94 bits per heavy atom. The predicted octanol–water partition coefficient (Wildman–Crippen LogP) is 1.89. The van der Waals surface area contributed by atoms with E-state index in [1.54, 1.807) is 13.8 Å². The average molecular weight is 260 g/mol. The Labute approximate surface area is 98.9 Å². The number of amides is 1. The van der Waals surface area contributed by atoms with Crippen molar-refractivity contribution in [2.24, 2.45) is 0 Å². The molecular formula is C10H10ClNO3S. The third-order valence-corrected chi connectivity index (χ3v) is 4.61. The topological polar surface area (TPSA) is 54.5 Å². The monoisotopic (exact) mass is 259 g/mol. The summed E-state index contributed by atoms with van der Waals surface area (Å²) in [5, 5.41) is 0.306. The Morgan fingerprint density at radius 1 is 1.31 bits per heavy atom. The van der Waals surface area contributed by atoms with Crippen LogP contribution in [0.1, 0.15) is 24.2 Å². The summed E-state index contributed by atoms with van der Waals surface area (Å²) in [6, 6.07) is 3.87. The fourth-order valence-corrected chi connectivity index (χ4v) is 3.76. The first-order valence-electron chi connectivity index (χ1n) is 4.74. The van der Waals surface area contributed by atoms with E-state index in [9.17, 15) is 13.2 Å². The maximum Gasteiger partial charge on any atom is 0.269 e. The highest BCUT2D eigenvalue weighted by Gasteiger charge is 2.42. The standard InChI is InChI=1S/C10H10ClNO3S/c1-6(2)12-10(13)8-4-3-7(11)5-9(8)16(12,14)15/h3-6H,1-2H3. The van der Waals surface area contributed by atoms with Crippen molar-refractivity contribution in [3.8, 4) is 0 Å². The lowest BCUT2D eigenvalue weighted by Gasteiger charge is -2.18. The molecule has 0 radical (unpaired) electrons. The number of benzene rings is 1. The average Bonchev–Trinajstić information content (AvgIpc) is 2.34. The number of halogens is 1. The SMILES string of the molecule is CC(C)N1C(=O)c2ccc(Cl)cc2S1(=O)=O. The van der Waals surface area contributed by atoms with Crippen molar-refractivity contribution < 1.29 is 13.2 Å². The van der Waals surface area contributed by atoms with Gasteiger partial charge in [0.2, 0.25) is 0 Å². The van der Waals surface area contributed by atoms with Gasteiger partial charge in [0.15, 0.2) is 0 Å². The van der Waals surface area contributed by atoms with Gasteiger partial charge in [-0.3, -0.25) is 4.79 Å². The molecule has 1 heterocycles. The van der Waals surface area contributed by atoms with Crippen LogP contribution in [-0.2, 0) is 10.0 Å². The highest BCUT2D eigenvalue weighted by molar-refractivity contribution is 7.90. The Kier molecular flexibility index (Phi) is 2.47. The molecule has 0 unspecified atom stereocenters. The molecule has 0 spiro atoms. The summed E-state index contributed by atoms with van der Waals surface area (Å²) < 4.78 is 25.0. The van der Waals surface area contributed by atoms with Gasteiger partial charge >= 0.3 is 0 Å². The zero-order valence-corrected chi connectivity index (χ0v) is 10.3.